The van der Waals surface area contributed by atoms with Crippen LogP contribution in [0.2, 0.25) is 0 Å². The van der Waals surface area contributed by atoms with E-state index >= 15 is 0 Å². The van der Waals surface area contributed by atoms with Gasteiger partial charge in [-0.15, -0.1) is 22.7 Å². The fourth-order valence-electron chi connectivity index (χ4n) is 1.66. The maximum Gasteiger partial charge on any atom is 0.328 e. The molecular weight excluding hydrogens is 374 g/mol. The Balaban J connectivity index is 1.91. The topological polar surface area (TPSA) is 66.4 Å². The number of aliphatic carboxylic acids is 1. The molecule has 0 aliphatic carbocycles. The molecule has 2 N–H and O–H groups in total. The van der Waals surface area contributed by atoms with Gasteiger partial charge in [-0.05, 0) is 57.6 Å². The van der Waals surface area contributed by atoms with Gasteiger partial charge in [0.25, 0.3) is 5.91 Å². The number of thiophene rings is 2. The molecule has 21 heavy (non-hydrogen) atoms. The summed E-state index contributed by atoms with van der Waals surface area (Å²) in [6.07, 6.45) is 3.24. The van der Waals surface area contributed by atoms with Crippen LogP contribution in [-0.2, 0) is 11.2 Å². The third-order valence-electron chi connectivity index (χ3n) is 2.59. The zero-order chi connectivity index (χ0) is 15.2. The van der Waals surface area contributed by atoms with Crippen LogP contribution in [-0.4, -0.2) is 23.5 Å². The Bertz CT molecular complexity index is 675. The summed E-state index contributed by atoms with van der Waals surface area (Å²) < 4.78 is 1.07. The summed E-state index contributed by atoms with van der Waals surface area (Å²) in [4.78, 5) is 24.3. The van der Waals surface area contributed by atoms with Crippen LogP contribution in [0.5, 0.6) is 0 Å². The molecule has 2 heterocycles. The van der Waals surface area contributed by atoms with E-state index in [-0.39, 0.29) is 5.91 Å². The molecule has 0 aliphatic rings. The van der Waals surface area contributed by atoms with Crippen molar-refractivity contribution in [2.24, 2.45) is 0 Å². The number of hydrogen-bond donors (Lipinski definition) is 2. The van der Waals surface area contributed by atoms with E-state index in [2.05, 4.69) is 21.2 Å². The van der Waals surface area contributed by atoms with Crippen molar-refractivity contribution in [3.63, 3.8) is 0 Å². The molecule has 1 amide bonds. The molecule has 0 atom stereocenters. The van der Waals surface area contributed by atoms with Gasteiger partial charge in [-0.25, -0.2) is 4.79 Å². The Morgan fingerprint density at radius 2 is 2.14 bits per heavy atom. The number of halogens is 1. The van der Waals surface area contributed by atoms with Gasteiger partial charge < -0.3 is 10.4 Å². The second-order valence-corrected chi connectivity index (χ2v) is 7.55. The summed E-state index contributed by atoms with van der Waals surface area (Å²) in [5.41, 5.74) is 0.624. The zero-order valence-electron chi connectivity index (χ0n) is 10.8. The van der Waals surface area contributed by atoms with Gasteiger partial charge in [-0.3, -0.25) is 4.79 Å². The first-order chi connectivity index (χ1) is 10.1. The van der Waals surface area contributed by atoms with Crippen molar-refractivity contribution >= 4 is 56.6 Å². The maximum atomic E-state index is 12.1. The summed E-state index contributed by atoms with van der Waals surface area (Å²) in [6, 6.07) is 5.73. The lowest BCUT2D eigenvalue weighted by molar-refractivity contribution is -0.131. The van der Waals surface area contributed by atoms with Crippen molar-refractivity contribution in [2.45, 2.75) is 6.42 Å². The lowest BCUT2D eigenvalue weighted by Crippen LogP contribution is -2.25. The number of carboxylic acids is 1. The quantitative estimate of drug-likeness (QED) is 0.745. The van der Waals surface area contributed by atoms with Gasteiger partial charge in [0, 0.05) is 17.5 Å². The normalized spacial score (nSPS) is 10.9. The molecule has 0 unspecified atom stereocenters. The molecule has 0 radical (unpaired) electrons. The first kappa shape index (κ1) is 15.9. The highest BCUT2D eigenvalue weighted by molar-refractivity contribution is 9.11. The molecule has 0 saturated heterocycles. The van der Waals surface area contributed by atoms with Crippen LogP contribution in [0.25, 0.3) is 6.08 Å². The molecule has 0 aliphatic heterocycles. The van der Waals surface area contributed by atoms with Crippen molar-refractivity contribution in [3.05, 3.63) is 48.8 Å². The van der Waals surface area contributed by atoms with Gasteiger partial charge in [-0.1, -0.05) is 0 Å². The van der Waals surface area contributed by atoms with Crippen LogP contribution in [0.3, 0.4) is 0 Å². The number of nitrogens with one attached hydrogen (secondary N) is 1. The molecule has 0 saturated carbocycles. The van der Waals surface area contributed by atoms with Gasteiger partial charge in [0.05, 0.1) is 8.66 Å². The number of amides is 1. The van der Waals surface area contributed by atoms with Gasteiger partial charge in [0.2, 0.25) is 0 Å². The maximum absolute atomic E-state index is 12.1. The minimum atomic E-state index is -1.03. The fourth-order valence-corrected chi connectivity index (χ4v) is 3.95. The third-order valence-corrected chi connectivity index (χ3v) is 5.21. The van der Waals surface area contributed by atoms with E-state index in [0.29, 0.717) is 17.0 Å². The SMILES string of the molecule is O=C(O)/C=C/c1ccsc1C(=O)NCCc1ccc(Br)s1. The van der Waals surface area contributed by atoms with E-state index in [4.69, 9.17) is 5.11 Å². The monoisotopic (exact) mass is 385 g/mol. The molecule has 0 bridgehead atoms. The first-order valence-electron chi connectivity index (χ1n) is 6.07. The molecule has 4 nitrogen and oxygen atoms in total. The first-order valence-corrected chi connectivity index (χ1v) is 8.56. The van der Waals surface area contributed by atoms with Crippen molar-refractivity contribution in [2.75, 3.05) is 6.54 Å². The molecule has 0 aromatic carbocycles. The summed E-state index contributed by atoms with van der Waals surface area (Å²) >= 11 is 6.34. The molecule has 2 aromatic heterocycles. The number of carbonyl (C=O) groups excluding carboxylic acids is 1. The van der Waals surface area contributed by atoms with E-state index in [1.54, 1.807) is 22.8 Å². The second kappa shape index (κ2) is 7.53. The Kier molecular flexibility index (Phi) is 5.72. The van der Waals surface area contributed by atoms with Gasteiger partial charge in [0.15, 0.2) is 0 Å². The average molecular weight is 386 g/mol. The highest BCUT2D eigenvalue weighted by Crippen LogP contribution is 2.22. The zero-order valence-corrected chi connectivity index (χ0v) is 14.1. The summed E-state index contributed by atoms with van der Waals surface area (Å²) in [5, 5.41) is 13.2. The van der Waals surface area contributed by atoms with Gasteiger partial charge in [0.1, 0.15) is 0 Å². The average Bonchev–Trinajstić information content (AvgIpc) is 3.05. The second-order valence-electron chi connectivity index (χ2n) is 4.09. The number of carbonyl (C=O) groups is 2. The van der Waals surface area contributed by atoms with Crippen molar-refractivity contribution in [3.8, 4) is 0 Å². The van der Waals surface area contributed by atoms with Crippen LogP contribution in [0.15, 0.2) is 33.4 Å². The Morgan fingerprint density at radius 1 is 1.33 bits per heavy atom. The number of hydrogen-bond acceptors (Lipinski definition) is 4. The highest BCUT2D eigenvalue weighted by atomic mass is 79.9. The minimum absolute atomic E-state index is 0.175. The van der Waals surface area contributed by atoms with Crippen LogP contribution in [0.4, 0.5) is 0 Å². The Morgan fingerprint density at radius 3 is 2.81 bits per heavy atom. The predicted octanol–water partition coefficient (Wildman–Crippen LogP) is 3.64. The summed E-state index contributed by atoms with van der Waals surface area (Å²) in [5.74, 6) is -1.21. The van der Waals surface area contributed by atoms with Crippen LogP contribution < -0.4 is 5.32 Å². The Labute approximate surface area is 138 Å². The molecule has 2 aromatic rings. The standard InChI is InChI=1S/C14H12BrNO3S2/c15-11-3-2-10(21-11)5-7-16-14(19)13-9(6-8-20-13)1-4-12(17)18/h1-4,6,8H,5,7H2,(H,16,19)(H,17,18)/b4-1+. The van der Waals surface area contributed by atoms with Crippen molar-refractivity contribution in [1.82, 2.24) is 5.32 Å². The van der Waals surface area contributed by atoms with Gasteiger partial charge >= 0.3 is 5.97 Å². The van der Waals surface area contributed by atoms with Gasteiger partial charge in [-0.2, -0.15) is 0 Å². The molecule has 0 fully saturated rings. The Hall–Kier alpha value is -1.44. The molecule has 110 valence electrons. The van der Waals surface area contributed by atoms with E-state index in [1.807, 2.05) is 12.1 Å². The fraction of sp³-hybridized carbons (Fsp3) is 0.143. The number of carboxylic acid groups (broad SMARTS) is 1. The van der Waals surface area contributed by atoms with E-state index < -0.39 is 5.97 Å². The summed E-state index contributed by atoms with van der Waals surface area (Å²) in [7, 11) is 0. The van der Waals surface area contributed by atoms with Crippen molar-refractivity contribution in [1.29, 1.82) is 0 Å². The third kappa shape index (κ3) is 4.80. The van der Waals surface area contributed by atoms with Crippen LogP contribution >= 0.6 is 38.6 Å². The minimum Gasteiger partial charge on any atom is -0.478 e. The van der Waals surface area contributed by atoms with Crippen molar-refractivity contribution < 1.29 is 14.7 Å². The molecular formula is C14H12BrNO3S2. The number of rotatable bonds is 6. The van der Waals surface area contributed by atoms with E-state index in [0.717, 1.165) is 16.3 Å². The largest absolute Gasteiger partial charge is 0.478 e. The molecule has 2 rings (SSSR count). The summed E-state index contributed by atoms with van der Waals surface area (Å²) in [6.45, 7) is 0.547. The highest BCUT2D eigenvalue weighted by Gasteiger charge is 2.11. The molecule has 7 heteroatoms. The lowest BCUT2D eigenvalue weighted by atomic mass is 10.2. The molecule has 0 spiro atoms. The lowest BCUT2D eigenvalue weighted by Gasteiger charge is -2.03. The van der Waals surface area contributed by atoms with Crippen LogP contribution in [0.1, 0.15) is 20.1 Å². The predicted molar refractivity (Wildman–Crippen MR) is 89.0 cm³/mol. The van der Waals surface area contributed by atoms with Crippen LogP contribution in [0, 0.1) is 0 Å². The van der Waals surface area contributed by atoms with E-state index in [1.165, 1.54) is 22.3 Å². The smallest absolute Gasteiger partial charge is 0.328 e. The van der Waals surface area contributed by atoms with E-state index in [9.17, 15) is 9.59 Å².